The lowest BCUT2D eigenvalue weighted by molar-refractivity contribution is -0.136. The summed E-state index contributed by atoms with van der Waals surface area (Å²) in [6, 6.07) is 6.01. The van der Waals surface area contributed by atoms with Crippen LogP contribution in [0.25, 0.3) is 0 Å². The van der Waals surface area contributed by atoms with E-state index in [1.165, 1.54) is 24.8 Å². The molecule has 1 aromatic rings. The number of benzene rings is 1. The standard InChI is InChI=1S/C24H32N4O4/c29-22-4-3-21(23(30)26-22)28-14-18-11-17(1-2-20(18)24(28)31)13-27-8-5-16(6-9-27)12-19-15-32-10-7-25-19/h1-2,11,16,19,21,25H,3-10,12-15H2,(H,26,29,30). The van der Waals surface area contributed by atoms with Gasteiger partial charge in [-0.25, -0.2) is 0 Å². The summed E-state index contributed by atoms with van der Waals surface area (Å²) in [4.78, 5) is 40.6. The lowest BCUT2D eigenvalue weighted by Crippen LogP contribution is -2.52. The fourth-order valence-corrected chi connectivity index (χ4v) is 5.54. The zero-order chi connectivity index (χ0) is 22.1. The molecule has 0 spiro atoms. The van der Waals surface area contributed by atoms with Crippen molar-refractivity contribution >= 4 is 17.7 Å². The summed E-state index contributed by atoms with van der Waals surface area (Å²) in [5.41, 5.74) is 2.87. The van der Waals surface area contributed by atoms with E-state index in [-0.39, 0.29) is 24.1 Å². The topological polar surface area (TPSA) is 91.0 Å². The van der Waals surface area contributed by atoms with Crippen molar-refractivity contribution in [3.8, 4) is 0 Å². The molecule has 3 saturated heterocycles. The number of ether oxygens (including phenoxy) is 1. The Kier molecular flexibility index (Phi) is 6.26. The molecule has 3 fully saturated rings. The van der Waals surface area contributed by atoms with E-state index in [2.05, 4.69) is 21.6 Å². The van der Waals surface area contributed by atoms with Gasteiger partial charge in [-0.1, -0.05) is 12.1 Å². The van der Waals surface area contributed by atoms with Crippen molar-refractivity contribution < 1.29 is 19.1 Å². The molecule has 2 unspecified atom stereocenters. The summed E-state index contributed by atoms with van der Waals surface area (Å²) >= 11 is 0. The SMILES string of the molecule is O=C1CCC(N2Cc3cc(CN4CCC(CC5COCCN5)CC4)ccc3C2=O)C(=O)N1. The number of rotatable bonds is 5. The van der Waals surface area contributed by atoms with E-state index in [1.54, 1.807) is 4.90 Å². The van der Waals surface area contributed by atoms with Crippen LogP contribution in [0.4, 0.5) is 0 Å². The van der Waals surface area contributed by atoms with Gasteiger partial charge in [0.15, 0.2) is 0 Å². The number of carbonyl (C=O) groups is 3. The lowest BCUT2D eigenvalue weighted by Gasteiger charge is -2.34. The predicted molar refractivity (Wildman–Crippen MR) is 118 cm³/mol. The second-order valence-electron chi connectivity index (χ2n) is 9.57. The number of fused-ring (bicyclic) bond motifs is 1. The molecule has 3 amide bonds. The van der Waals surface area contributed by atoms with Gasteiger partial charge in [-0.2, -0.15) is 0 Å². The second kappa shape index (κ2) is 9.29. The Morgan fingerprint density at radius 3 is 2.69 bits per heavy atom. The van der Waals surface area contributed by atoms with Crippen LogP contribution in [0.15, 0.2) is 18.2 Å². The summed E-state index contributed by atoms with van der Waals surface area (Å²) in [7, 11) is 0. The summed E-state index contributed by atoms with van der Waals surface area (Å²) in [6.45, 7) is 6.14. The highest BCUT2D eigenvalue weighted by molar-refractivity contribution is 6.05. The van der Waals surface area contributed by atoms with Gasteiger partial charge in [0.1, 0.15) is 6.04 Å². The van der Waals surface area contributed by atoms with Crippen LogP contribution < -0.4 is 10.6 Å². The fourth-order valence-electron chi connectivity index (χ4n) is 5.54. The first-order chi connectivity index (χ1) is 15.6. The van der Waals surface area contributed by atoms with Crippen molar-refractivity contribution in [2.24, 2.45) is 5.92 Å². The molecule has 8 heteroatoms. The van der Waals surface area contributed by atoms with Crippen molar-refractivity contribution in [2.45, 2.75) is 57.3 Å². The third kappa shape index (κ3) is 4.58. The van der Waals surface area contributed by atoms with Crippen LogP contribution in [-0.2, 0) is 27.4 Å². The maximum atomic E-state index is 12.9. The Morgan fingerprint density at radius 2 is 1.94 bits per heavy atom. The number of nitrogens with zero attached hydrogens (tertiary/aromatic N) is 2. The van der Waals surface area contributed by atoms with Gasteiger partial charge in [0.2, 0.25) is 11.8 Å². The van der Waals surface area contributed by atoms with E-state index in [0.717, 1.165) is 50.9 Å². The van der Waals surface area contributed by atoms with Crippen LogP contribution in [0, 0.1) is 5.92 Å². The van der Waals surface area contributed by atoms with Crippen LogP contribution in [0.5, 0.6) is 0 Å². The van der Waals surface area contributed by atoms with Gasteiger partial charge in [-0.15, -0.1) is 0 Å². The minimum atomic E-state index is -0.556. The molecule has 0 bridgehead atoms. The minimum Gasteiger partial charge on any atom is -0.379 e. The Balaban J connectivity index is 1.15. The quantitative estimate of drug-likeness (QED) is 0.665. The van der Waals surface area contributed by atoms with E-state index in [1.807, 2.05) is 12.1 Å². The van der Waals surface area contributed by atoms with Gasteiger partial charge < -0.3 is 15.0 Å². The smallest absolute Gasteiger partial charge is 0.255 e. The van der Waals surface area contributed by atoms with Crippen LogP contribution in [0.2, 0.25) is 0 Å². The van der Waals surface area contributed by atoms with Crippen molar-refractivity contribution in [2.75, 3.05) is 32.8 Å². The number of likely N-dealkylation sites (tertiary alicyclic amines) is 1. The third-order valence-electron chi connectivity index (χ3n) is 7.32. The zero-order valence-electron chi connectivity index (χ0n) is 18.5. The number of hydrogen-bond acceptors (Lipinski definition) is 6. The van der Waals surface area contributed by atoms with Gasteiger partial charge in [0.25, 0.3) is 5.91 Å². The predicted octanol–water partition coefficient (Wildman–Crippen LogP) is 1.04. The van der Waals surface area contributed by atoms with E-state index in [9.17, 15) is 14.4 Å². The summed E-state index contributed by atoms with van der Waals surface area (Å²) in [5, 5.41) is 5.92. The molecule has 1 aromatic carbocycles. The minimum absolute atomic E-state index is 0.109. The molecule has 0 aliphatic carbocycles. The van der Waals surface area contributed by atoms with Crippen LogP contribution in [-0.4, -0.2) is 72.5 Å². The number of nitrogens with one attached hydrogen (secondary N) is 2. The number of imide groups is 1. The van der Waals surface area contributed by atoms with Crippen molar-refractivity contribution in [1.82, 2.24) is 20.4 Å². The third-order valence-corrected chi connectivity index (χ3v) is 7.32. The van der Waals surface area contributed by atoms with Gasteiger partial charge in [0.05, 0.1) is 13.2 Å². The zero-order valence-corrected chi connectivity index (χ0v) is 18.5. The summed E-state index contributed by atoms with van der Waals surface area (Å²) < 4.78 is 5.59. The monoisotopic (exact) mass is 440 g/mol. The van der Waals surface area contributed by atoms with Crippen molar-refractivity contribution in [1.29, 1.82) is 0 Å². The highest BCUT2D eigenvalue weighted by Crippen LogP contribution is 2.29. The maximum absolute atomic E-state index is 12.9. The molecule has 0 aromatic heterocycles. The molecule has 2 N–H and O–H groups in total. The number of amides is 3. The van der Waals surface area contributed by atoms with Gasteiger partial charge in [-0.3, -0.25) is 24.6 Å². The number of hydrogen-bond donors (Lipinski definition) is 2. The highest BCUT2D eigenvalue weighted by Gasteiger charge is 2.39. The Labute approximate surface area is 188 Å². The number of piperidine rings is 2. The summed E-state index contributed by atoms with van der Waals surface area (Å²) in [6.07, 6.45) is 4.30. The van der Waals surface area contributed by atoms with Crippen LogP contribution in [0.1, 0.15) is 53.6 Å². The van der Waals surface area contributed by atoms with Gasteiger partial charge in [-0.05, 0) is 61.9 Å². The van der Waals surface area contributed by atoms with E-state index < -0.39 is 6.04 Å². The van der Waals surface area contributed by atoms with Gasteiger partial charge in [0, 0.05) is 37.7 Å². The molecule has 5 rings (SSSR count). The molecule has 8 nitrogen and oxygen atoms in total. The average Bonchev–Trinajstić information content (AvgIpc) is 3.11. The molecular formula is C24H32N4O4. The van der Waals surface area contributed by atoms with Crippen LogP contribution in [0.3, 0.4) is 0 Å². The molecule has 2 atom stereocenters. The molecule has 32 heavy (non-hydrogen) atoms. The van der Waals surface area contributed by atoms with Crippen molar-refractivity contribution in [3.63, 3.8) is 0 Å². The molecule has 172 valence electrons. The first-order valence-electron chi connectivity index (χ1n) is 11.9. The van der Waals surface area contributed by atoms with E-state index in [0.29, 0.717) is 24.6 Å². The highest BCUT2D eigenvalue weighted by atomic mass is 16.5. The normalized spacial score (nSPS) is 27.5. The molecule has 4 aliphatic heterocycles. The second-order valence-corrected chi connectivity index (χ2v) is 9.57. The van der Waals surface area contributed by atoms with Crippen LogP contribution >= 0.6 is 0 Å². The number of morpholine rings is 1. The summed E-state index contributed by atoms with van der Waals surface area (Å²) in [5.74, 6) is 0.0256. The Hall–Kier alpha value is -2.29. The Bertz CT molecular complexity index is 890. The first-order valence-corrected chi connectivity index (χ1v) is 11.9. The molecule has 0 saturated carbocycles. The lowest BCUT2D eigenvalue weighted by atomic mass is 9.90. The molecule has 0 radical (unpaired) electrons. The number of carbonyl (C=O) groups excluding carboxylic acids is 3. The Morgan fingerprint density at radius 1 is 1.09 bits per heavy atom. The molecule has 4 heterocycles. The first kappa shape index (κ1) is 21.6. The van der Waals surface area contributed by atoms with E-state index >= 15 is 0 Å². The molecule has 4 aliphatic rings. The molecular weight excluding hydrogens is 408 g/mol. The average molecular weight is 441 g/mol. The van der Waals surface area contributed by atoms with Gasteiger partial charge >= 0.3 is 0 Å². The largest absolute Gasteiger partial charge is 0.379 e. The van der Waals surface area contributed by atoms with Crippen molar-refractivity contribution in [3.05, 3.63) is 34.9 Å². The maximum Gasteiger partial charge on any atom is 0.255 e. The van der Waals surface area contributed by atoms with E-state index in [4.69, 9.17) is 4.74 Å². The fraction of sp³-hybridized carbons (Fsp3) is 0.625.